The zero-order valence-electron chi connectivity index (χ0n) is 15.4. The Kier molecular flexibility index (Phi) is 13.3. The van der Waals surface area contributed by atoms with Crippen molar-refractivity contribution in [2.24, 2.45) is 7.05 Å². The van der Waals surface area contributed by atoms with Crippen molar-refractivity contribution in [2.45, 2.75) is 27.7 Å². The van der Waals surface area contributed by atoms with E-state index in [0.717, 1.165) is 0 Å². The van der Waals surface area contributed by atoms with Crippen LogP contribution < -0.4 is 62.2 Å². The van der Waals surface area contributed by atoms with Crippen LogP contribution >= 0.6 is 0 Å². The fourth-order valence-corrected chi connectivity index (χ4v) is 1.44. The predicted molar refractivity (Wildman–Crippen MR) is 83.3 cm³/mol. The van der Waals surface area contributed by atoms with E-state index in [1.807, 2.05) is 0 Å². The molecule has 0 aromatic carbocycles. The number of nitrogens with two attached hydrogens (primary N) is 1. The average Bonchev–Trinajstić information content (AvgIpc) is 2.82. The fraction of sp³-hybridized carbons (Fsp3) is 0.467. The third kappa shape index (κ3) is 8.02. The van der Waals surface area contributed by atoms with E-state index >= 15 is 0 Å². The summed E-state index contributed by atoms with van der Waals surface area (Å²) in [6, 6.07) is 1.57. The van der Waals surface area contributed by atoms with Gasteiger partial charge in [0.25, 0.3) is 0 Å². The number of rotatable bonds is 4. The van der Waals surface area contributed by atoms with E-state index in [4.69, 9.17) is 15.7 Å². The van der Waals surface area contributed by atoms with Crippen molar-refractivity contribution in [3.8, 4) is 6.07 Å². The zero-order chi connectivity index (χ0) is 18.9. The van der Waals surface area contributed by atoms with Gasteiger partial charge in [0.05, 0.1) is 19.3 Å². The molecule has 1 heterocycles. The number of anilines is 1. The molecule has 9 nitrogen and oxygen atoms in total. The fourth-order valence-electron chi connectivity index (χ4n) is 1.44. The molecule has 0 unspecified atom stereocenters. The maximum absolute atomic E-state index is 11.3. The zero-order valence-corrected chi connectivity index (χ0v) is 18.5. The van der Waals surface area contributed by atoms with Gasteiger partial charge in [-0.2, -0.15) is 10.4 Å². The molecule has 0 atom stereocenters. The summed E-state index contributed by atoms with van der Waals surface area (Å²) in [5, 5.41) is 22.9. The number of hydrogen-bond donors (Lipinski definition) is 1. The van der Waals surface area contributed by atoms with Gasteiger partial charge in [0.15, 0.2) is 5.69 Å². The summed E-state index contributed by atoms with van der Waals surface area (Å²) < 4.78 is 10.6. The molecule has 1 rings (SSSR count). The molecule has 0 saturated carbocycles. The first-order chi connectivity index (χ1) is 11.2. The van der Waals surface area contributed by atoms with Crippen molar-refractivity contribution in [1.82, 2.24) is 9.78 Å². The predicted octanol–water partition coefficient (Wildman–Crippen LogP) is -2.80. The van der Waals surface area contributed by atoms with Gasteiger partial charge in [0, 0.05) is 18.2 Å². The van der Waals surface area contributed by atoms with Gasteiger partial charge >= 0.3 is 63.3 Å². The van der Waals surface area contributed by atoms with Crippen molar-refractivity contribution < 1.29 is 75.6 Å². The van der Waals surface area contributed by atoms with E-state index in [1.165, 1.54) is 11.6 Å². The number of carbonyl (C=O) groups is 2. The SMILES string of the molecule is CCOC(=O)C([O-])=C(C)C#N.CCOC(=O)c1nn(C)c(N)c1C.[K+]. The van der Waals surface area contributed by atoms with E-state index in [9.17, 15) is 14.7 Å². The van der Waals surface area contributed by atoms with E-state index in [1.54, 1.807) is 33.9 Å². The van der Waals surface area contributed by atoms with Gasteiger partial charge in [-0.05, 0) is 33.5 Å². The molecule has 0 aliphatic carbocycles. The van der Waals surface area contributed by atoms with Gasteiger partial charge in [-0.25, -0.2) is 9.59 Å². The maximum Gasteiger partial charge on any atom is 1.00 e. The topological polar surface area (TPSA) is 143 Å². The molecule has 1 aromatic rings. The molecule has 0 aliphatic heterocycles. The molecule has 2 N–H and O–H groups in total. The summed E-state index contributed by atoms with van der Waals surface area (Å²) in [5.74, 6) is -1.77. The number of ether oxygens (including phenoxy) is 2. The van der Waals surface area contributed by atoms with Crippen LogP contribution in [0.15, 0.2) is 11.3 Å². The second-order valence-electron chi connectivity index (χ2n) is 4.49. The molecule has 1 aromatic heterocycles. The number of aryl methyl sites for hydroxylation is 1. The monoisotopic (exact) mass is 376 g/mol. The van der Waals surface area contributed by atoms with Gasteiger partial charge in [-0.15, -0.1) is 0 Å². The van der Waals surface area contributed by atoms with E-state index in [-0.39, 0.29) is 63.6 Å². The molecule has 0 radical (unpaired) electrons. The third-order valence-electron chi connectivity index (χ3n) is 2.78. The van der Waals surface area contributed by atoms with Gasteiger partial charge in [-0.1, -0.05) is 0 Å². The van der Waals surface area contributed by atoms with Crippen LogP contribution in [0.1, 0.15) is 36.8 Å². The summed E-state index contributed by atoms with van der Waals surface area (Å²) in [5.41, 5.74) is 6.44. The number of allylic oxidation sites excluding steroid dienone is 1. The quantitative estimate of drug-likeness (QED) is 0.195. The molecule has 0 spiro atoms. The molecule has 0 amide bonds. The van der Waals surface area contributed by atoms with Crippen molar-refractivity contribution in [3.63, 3.8) is 0 Å². The number of nitriles is 1. The normalized spacial score (nSPS) is 10.2. The Morgan fingerprint density at radius 2 is 1.84 bits per heavy atom. The first-order valence-electron chi connectivity index (χ1n) is 7.12. The van der Waals surface area contributed by atoms with E-state index in [0.29, 0.717) is 23.7 Å². The van der Waals surface area contributed by atoms with Crippen molar-refractivity contribution in [3.05, 3.63) is 22.6 Å². The smallest absolute Gasteiger partial charge is 0.867 e. The largest absolute Gasteiger partial charge is 1.00 e. The van der Waals surface area contributed by atoms with E-state index in [2.05, 4.69) is 9.84 Å². The van der Waals surface area contributed by atoms with Crippen LogP contribution in [-0.4, -0.2) is 34.9 Å². The molecule has 132 valence electrons. The Balaban J connectivity index is 0. The van der Waals surface area contributed by atoms with Gasteiger partial charge in [0.1, 0.15) is 5.82 Å². The van der Waals surface area contributed by atoms with Crippen LogP contribution in [0.3, 0.4) is 0 Å². The van der Waals surface area contributed by atoms with Crippen LogP contribution in [0, 0.1) is 18.3 Å². The van der Waals surface area contributed by atoms with Gasteiger partial charge in [-0.3, -0.25) is 4.68 Å². The molecule has 0 fully saturated rings. The molecule has 25 heavy (non-hydrogen) atoms. The molecular weight excluding hydrogens is 355 g/mol. The molecule has 0 bridgehead atoms. The molecular formula is C15H21KN4O5. The Bertz CT molecular complexity index is 676. The Labute approximate surface area is 189 Å². The van der Waals surface area contributed by atoms with Crippen molar-refractivity contribution in [1.29, 1.82) is 5.26 Å². The third-order valence-corrected chi connectivity index (χ3v) is 2.78. The minimum Gasteiger partial charge on any atom is -0.867 e. The number of hydrogen-bond acceptors (Lipinski definition) is 8. The maximum atomic E-state index is 11.3. The number of nitrogen functional groups attached to an aromatic ring is 1. The van der Waals surface area contributed by atoms with Gasteiger partial charge < -0.3 is 20.3 Å². The minimum atomic E-state index is -0.966. The van der Waals surface area contributed by atoms with Crippen molar-refractivity contribution in [2.75, 3.05) is 18.9 Å². The number of carbonyl (C=O) groups excluding carboxylic acids is 2. The molecule has 0 aliphatic rings. The molecule has 0 saturated heterocycles. The first kappa shape index (κ1) is 25.9. The summed E-state index contributed by atoms with van der Waals surface area (Å²) in [6.45, 7) is 6.85. The number of nitrogens with zero attached hydrogens (tertiary/aromatic N) is 3. The number of aromatic nitrogens is 2. The summed E-state index contributed by atoms with van der Waals surface area (Å²) >= 11 is 0. The second kappa shape index (κ2) is 12.9. The van der Waals surface area contributed by atoms with Gasteiger partial charge in [0.2, 0.25) is 0 Å². The standard InChI is InChI=1S/C8H13N3O2.C7H9NO3.K/c1-4-13-8(12)6-5(2)7(9)11(3)10-6;1-3-11-7(10)6(9)5(2)4-8;/h4,9H2,1-3H3;9H,3H2,1-2H3;/q;;+1/p-1. The van der Waals surface area contributed by atoms with Crippen LogP contribution in [0.2, 0.25) is 0 Å². The van der Waals surface area contributed by atoms with Crippen LogP contribution in [0.5, 0.6) is 0 Å². The van der Waals surface area contributed by atoms with Crippen LogP contribution in [0.4, 0.5) is 5.82 Å². The van der Waals surface area contributed by atoms with Crippen LogP contribution in [0.25, 0.3) is 0 Å². The first-order valence-corrected chi connectivity index (χ1v) is 7.12. The summed E-state index contributed by atoms with van der Waals surface area (Å²) in [7, 11) is 1.69. The average molecular weight is 376 g/mol. The second-order valence-corrected chi connectivity index (χ2v) is 4.49. The van der Waals surface area contributed by atoms with E-state index < -0.39 is 17.7 Å². The number of esters is 2. The van der Waals surface area contributed by atoms with Crippen molar-refractivity contribution >= 4 is 17.8 Å². The molecule has 10 heteroatoms. The minimum absolute atomic E-state index is 0. The Morgan fingerprint density at radius 1 is 1.32 bits per heavy atom. The summed E-state index contributed by atoms with van der Waals surface area (Å²) in [4.78, 5) is 21.9. The Morgan fingerprint density at radius 3 is 2.20 bits per heavy atom. The Hall–Kier alpha value is -1.38. The summed E-state index contributed by atoms with van der Waals surface area (Å²) in [6.07, 6.45) is 0. The van der Waals surface area contributed by atoms with Crippen LogP contribution in [-0.2, 0) is 21.3 Å².